The molecule has 0 aliphatic carbocycles. The SMILES string of the molecule is CC(C)C(C)C(=O)c1cc2ccccc2o1. The molecule has 0 amide bonds. The fourth-order valence-corrected chi connectivity index (χ4v) is 1.63. The molecule has 0 radical (unpaired) electrons. The summed E-state index contributed by atoms with van der Waals surface area (Å²) in [4.78, 5) is 12.1. The maximum Gasteiger partial charge on any atom is 0.201 e. The van der Waals surface area contributed by atoms with Crippen LogP contribution in [-0.4, -0.2) is 5.78 Å². The van der Waals surface area contributed by atoms with Gasteiger partial charge in [-0.05, 0) is 18.1 Å². The summed E-state index contributed by atoms with van der Waals surface area (Å²) in [5.41, 5.74) is 0.779. The van der Waals surface area contributed by atoms with E-state index in [2.05, 4.69) is 0 Å². The molecule has 0 N–H and O–H groups in total. The van der Waals surface area contributed by atoms with Crippen LogP contribution < -0.4 is 0 Å². The Morgan fingerprint density at radius 1 is 1.19 bits per heavy atom. The number of carbonyl (C=O) groups is 1. The van der Waals surface area contributed by atoms with E-state index in [1.807, 2.05) is 51.1 Å². The predicted molar refractivity (Wildman–Crippen MR) is 64.5 cm³/mol. The molecule has 0 saturated carbocycles. The quantitative estimate of drug-likeness (QED) is 0.728. The van der Waals surface area contributed by atoms with Crippen LogP contribution in [0.25, 0.3) is 11.0 Å². The molecule has 0 saturated heterocycles. The van der Waals surface area contributed by atoms with Gasteiger partial charge in [-0.2, -0.15) is 0 Å². The second-order valence-electron chi connectivity index (χ2n) is 4.55. The van der Waals surface area contributed by atoms with Crippen molar-refractivity contribution in [2.45, 2.75) is 20.8 Å². The molecule has 1 heterocycles. The third-order valence-corrected chi connectivity index (χ3v) is 3.08. The number of rotatable bonds is 3. The van der Waals surface area contributed by atoms with Gasteiger partial charge in [0.05, 0.1) is 0 Å². The van der Waals surface area contributed by atoms with Gasteiger partial charge in [-0.1, -0.05) is 39.0 Å². The van der Waals surface area contributed by atoms with Gasteiger partial charge < -0.3 is 4.42 Å². The largest absolute Gasteiger partial charge is 0.453 e. The van der Waals surface area contributed by atoms with Crippen LogP contribution in [0.5, 0.6) is 0 Å². The second-order valence-corrected chi connectivity index (χ2v) is 4.55. The van der Waals surface area contributed by atoms with Crippen LogP contribution in [0.3, 0.4) is 0 Å². The maximum atomic E-state index is 12.1. The Bertz CT molecular complexity index is 475. The topological polar surface area (TPSA) is 30.2 Å². The van der Waals surface area contributed by atoms with Gasteiger partial charge in [0.15, 0.2) is 5.76 Å². The third kappa shape index (κ3) is 1.87. The standard InChI is InChI=1S/C14H16O2/c1-9(2)10(3)14(15)13-8-11-6-4-5-7-12(11)16-13/h4-10H,1-3H3. The maximum absolute atomic E-state index is 12.1. The molecule has 2 rings (SSSR count). The van der Waals surface area contributed by atoms with Gasteiger partial charge in [-0.3, -0.25) is 4.79 Å². The third-order valence-electron chi connectivity index (χ3n) is 3.08. The highest BCUT2D eigenvalue weighted by atomic mass is 16.3. The van der Waals surface area contributed by atoms with Crippen LogP contribution in [0.15, 0.2) is 34.7 Å². The molecule has 84 valence electrons. The average Bonchev–Trinajstić information content (AvgIpc) is 2.70. The van der Waals surface area contributed by atoms with Gasteiger partial charge in [0.1, 0.15) is 5.58 Å². The number of para-hydroxylation sites is 1. The van der Waals surface area contributed by atoms with Crippen molar-refractivity contribution in [2.24, 2.45) is 11.8 Å². The summed E-state index contributed by atoms with van der Waals surface area (Å²) in [5, 5.41) is 0.988. The lowest BCUT2D eigenvalue weighted by Crippen LogP contribution is -2.16. The Hall–Kier alpha value is -1.57. The monoisotopic (exact) mass is 216 g/mol. The summed E-state index contributed by atoms with van der Waals surface area (Å²) in [6.45, 7) is 6.04. The Morgan fingerprint density at radius 2 is 1.88 bits per heavy atom. The first-order chi connectivity index (χ1) is 7.59. The summed E-state index contributed by atoms with van der Waals surface area (Å²) in [5.74, 6) is 0.898. The molecule has 1 aromatic carbocycles. The zero-order valence-corrected chi connectivity index (χ0v) is 9.86. The molecular weight excluding hydrogens is 200 g/mol. The fourth-order valence-electron chi connectivity index (χ4n) is 1.63. The van der Waals surface area contributed by atoms with Crippen molar-refractivity contribution >= 4 is 16.8 Å². The van der Waals surface area contributed by atoms with Crippen LogP contribution >= 0.6 is 0 Å². The van der Waals surface area contributed by atoms with E-state index in [0.29, 0.717) is 11.7 Å². The number of hydrogen-bond acceptors (Lipinski definition) is 2. The number of fused-ring (bicyclic) bond motifs is 1. The summed E-state index contributed by atoms with van der Waals surface area (Å²) in [7, 11) is 0. The number of carbonyl (C=O) groups excluding carboxylic acids is 1. The molecule has 2 heteroatoms. The van der Waals surface area contributed by atoms with Crippen LogP contribution in [0, 0.1) is 11.8 Å². The molecule has 1 aromatic heterocycles. The summed E-state index contributed by atoms with van der Waals surface area (Å²) >= 11 is 0. The second kappa shape index (κ2) is 4.12. The number of Topliss-reactive ketones (excluding diaryl/α,β-unsaturated/α-hetero) is 1. The normalized spacial score (nSPS) is 13.2. The van der Waals surface area contributed by atoms with E-state index in [0.717, 1.165) is 11.0 Å². The van der Waals surface area contributed by atoms with Crippen molar-refractivity contribution in [2.75, 3.05) is 0 Å². The Kier molecular flexibility index (Phi) is 2.82. The van der Waals surface area contributed by atoms with Crippen LogP contribution in [0.1, 0.15) is 31.3 Å². The Labute approximate surface area is 95.3 Å². The van der Waals surface area contributed by atoms with Crippen LogP contribution in [0.2, 0.25) is 0 Å². The lowest BCUT2D eigenvalue weighted by molar-refractivity contribution is 0.0873. The smallest absolute Gasteiger partial charge is 0.201 e. The van der Waals surface area contributed by atoms with E-state index in [-0.39, 0.29) is 11.7 Å². The molecule has 0 fully saturated rings. The van der Waals surface area contributed by atoms with Gasteiger partial charge in [0.25, 0.3) is 0 Å². The molecular formula is C14H16O2. The zero-order chi connectivity index (χ0) is 11.7. The minimum Gasteiger partial charge on any atom is -0.453 e. The first-order valence-electron chi connectivity index (χ1n) is 5.62. The van der Waals surface area contributed by atoms with Crippen molar-refractivity contribution in [1.29, 1.82) is 0 Å². The van der Waals surface area contributed by atoms with Crippen LogP contribution in [0.4, 0.5) is 0 Å². The van der Waals surface area contributed by atoms with E-state index in [9.17, 15) is 4.79 Å². The number of benzene rings is 1. The molecule has 1 atom stereocenters. The highest BCUT2D eigenvalue weighted by Gasteiger charge is 2.21. The fraction of sp³-hybridized carbons (Fsp3) is 0.357. The van der Waals surface area contributed by atoms with E-state index in [1.165, 1.54) is 0 Å². The van der Waals surface area contributed by atoms with Crippen molar-refractivity contribution in [3.8, 4) is 0 Å². The molecule has 0 aliphatic heterocycles. The van der Waals surface area contributed by atoms with Crippen molar-refractivity contribution in [1.82, 2.24) is 0 Å². The predicted octanol–water partition coefficient (Wildman–Crippen LogP) is 3.91. The molecule has 2 nitrogen and oxygen atoms in total. The molecule has 0 aliphatic rings. The van der Waals surface area contributed by atoms with E-state index in [4.69, 9.17) is 4.42 Å². The lowest BCUT2D eigenvalue weighted by atomic mass is 9.92. The average molecular weight is 216 g/mol. The van der Waals surface area contributed by atoms with Gasteiger partial charge in [0, 0.05) is 11.3 Å². The molecule has 0 spiro atoms. The van der Waals surface area contributed by atoms with Crippen LogP contribution in [-0.2, 0) is 0 Å². The van der Waals surface area contributed by atoms with E-state index >= 15 is 0 Å². The minimum absolute atomic E-state index is 0.000521. The van der Waals surface area contributed by atoms with Crippen molar-refractivity contribution in [3.63, 3.8) is 0 Å². The van der Waals surface area contributed by atoms with Gasteiger partial charge >= 0.3 is 0 Å². The molecule has 16 heavy (non-hydrogen) atoms. The summed E-state index contributed by atoms with van der Waals surface area (Å²) in [6.07, 6.45) is 0. The number of hydrogen-bond donors (Lipinski definition) is 0. The first kappa shape index (κ1) is 10.9. The molecule has 0 bridgehead atoms. The van der Waals surface area contributed by atoms with Gasteiger partial charge in [0.2, 0.25) is 5.78 Å². The Balaban J connectivity index is 2.37. The van der Waals surface area contributed by atoms with Gasteiger partial charge in [-0.15, -0.1) is 0 Å². The van der Waals surface area contributed by atoms with Crippen molar-refractivity contribution in [3.05, 3.63) is 36.1 Å². The zero-order valence-electron chi connectivity index (χ0n) is 9.86. The first-order valence-corrected chi connectivity index (χ1v) is 5.62. The van der Waals surface area contributed by atoms with E-state index in [1.54, 1.807) is 0 Å². The molecule has 1 unspecified atom stereocenters. The number of furan rings is 1. The summed E-state index contributed by atoms with van der Waals surface area (Å²) in [6, 6.07) is 9.52. The van der Waals surface area contributed by atoms with Crippen molar-refractivity contribution < 1.29 is 9.21 Å². The molecule has 2 aromatic rings. The highest BCUT2D eigenvalue weighted by Crippen LogP contribution is 2.23. The Morgan fingerprint density at radius 3 is 2.50 bits per heavy atom. The van der Waals surface area contributed by atoms with Gasteiger partial charge in [-0.25, -0.2) is 0 Å². The van der Waals surface area contributed by atoms with E-state index < -0.39 is 0 Å². The highest BCUT2D eigenvalue weighted by molar-refractivity contribution is 5.98. The lowest BCUT2D eigenvalue weighted by Gasteiger charge is -2.11. The minimum atomic E-state index is 0.000521. The number of ketones is 1. The summed E-state index contributed by atoms with van der Waals surface area (Å²) < 4.78 is 5.55.